The summed E-state index contributed by atoms with van der Waals surface area (Å²) in [5.74, 6) is 0.763. The molecule has 8 heteroatoms. The third kappa shape index (κ3) is 7.89. The van der Waals surface area contributed by atoms with Gasteiger partial charge in [0.2, 0.25) is 0 Å². The van der Waals surface area contributed by atoms with Gasteiger partial charge in [-0.1, -0.05) is 24.3 Å². The third-order valence-corrected chi connectivity index (χ3v) is 7.84. The van der Waals surface area contributed by atoms with Crippen molar-refractivity contribution in [2.75, 3.05) is 28.4 Å². The Morgan fingerprint density at radius 3 is 0.932 bits per heavy atom. The van der Waals surface area contributed by atoms with Gasteiger partial charge in [-0.05, 0) is 120 Å². The predicted octanol–water partition coefficient (Wildman–Crippen LogP) is 6.47. The molecule has 0 unspecified atom stereocenters. The third-order valence-electron chi connectivity index (χ3n) is 7.84. The molecule has 0 spiro atoms. The summed E-state index contributed by atoms with van der Waals surface area (Å²) in [7, 11) is 6.50. The molecule has 230 valence electrons. The summed E-state index contributed by atoms with van der Waals surface area (Å²) in [6, 6.07) is 22.1. The lowest BCUT2D eigenvalue weighted by molar-refractivity contribution is 0.0686. The van der Waals surface area contributed by atoms with E-state index >= 15 is 0 Å². The van der Waals surface area contributed by atoms with Gasteiger partial charge >= 0.3 is 11.9 Å². The quantitative estimate of drug-likeness (QED) is 0.160. The van der Waals surface area contributed by atoms with E-state index in [1.807, 2.05) is 48.5 Å². The van der Waals surface area contributed by atoms with Crippen LogP contribution in [0.3, 0.4) is 0 Å². The van der Waals surface area contributed by atoms with Gasteiger partial charge in [-0.25, -0.2) is 9.59 Å². The van der Waals surface area contributed by atoms with Crippen molar-refractivity contribution in [1.29, 1.82) is 0 Å². The summed E-state index contributed by atoms with van der Waals surface area (Å²) in [5, 5.41) is 18.4. The van der Waals surface area contributed by atoms with Gasteiger partial charge in [0.05, 0.1) is 39.6 Å². The topological polar surface area (TPSA) is 112 Å². The number of carboxylic acid groups (broad SMARTS) is 2. The van der Waals surface area contributed by atoms with E-state index in [2.05, 4.69) is 0 Å². The van der Waals surface area contributed by atoms with Crippen LogP contribution in [0.25, 0.3) is 0 Å². The summed E-state index contributed by atoms with van der Waals surface area (Å²) >= 11 is 0. The molecule has 0 fully saturated rings. The zero-order chi connectivity index (χ0) is 31.6. The lowest BCUT2D eigenvalue weighted by atomic mass is 9.91. The van der Waals surface area contributed by atoms with Crippen LogP contribution in [-0.4, -0.2) is 50.6 Å². The molecule has 0 aliphatic carbocycles. The second-order valence-electron chi connectivity index (χ2n) is 10.5. The predicted molar refractivity (Wildman–Crippen MR) is 168 cm³/mol. The fraction of sp³-hybridized carbons (Fsp3) is 0.278. The van der Waals surface area contributed by atoms with E-state index in [4.69, 9.17) is 18.9 Å². The molecule has 4 aromatic carbocycles. The number of hydrogen-bond acceptors (Lipinski definition) is 6. The Hall–Kier alpha value is -4.98. The van der Waals surface area contributed by atoms with Gasteiger partial charge < -0.3 is 29.2 Å². The normalized spacial score (nSPS) is 10.7. The van der Waals surface area contributed by atoms with Crippen molar-refractivity contribution in [3.63, 3.8) is 0 Å². The standard InChI is InChI=1S/C36H38O8/c1-41-31-19-27(15-9-23-5-11-25(12-6-23)35(37)38)29(21-33(31)43-3)17-18-30-22-34(44-4)32(42-2)20-28(30)16-10-24-7-13-26(14-8-24)36(39)40/h5-8,11-14,19-22H,9-10,15-18H2,1-4H3,(H,37,38)(H,39,40). The first kappa shape index (κ1) is 31.9. The van der Waals surface area contributed by atoms with E-state index < -0.39 is 11.9 Å². The van der Waals surface area contributed by atoms with Crippen LogP contribution >= 0.6 is 0 Å². The lowest BCUT2D eigenvalue weighted by Gasteiger charge is -2.18. The Kier molecular flexibility index (Phi) is 10.9. The highest BCUT2D eigenvalue weighted by molar-refractivity contribution is 5.88. The molecule has 0 saturated carbocycles. The maximum atomic E-state index is 11.2. The molecule has 0 aliphatic rings. The van der Waals surface area contributed by atoms with Gasteiger partial charge in [0.1, 0.15) is 0 Å². The fourth-order valence-electron chi connectivity index (χ4n) is 5.31. The highest BCUT2D eigenvalue weighted by Gasteiger charge is 2.16. The minimum atomic E-state index is -0.940. The second-order valence-corrected chi connectivity index (χ2v) is 10.5. The number of aryl methyl sites for hydroxylation is 6. The summed E-state index contributed by atoms with van der Waals surface area (Å²) in [4.78, 5) is 22.5. The van der Waals surface area contributed by atoms with Crippen LogP contribution in [0.2, 0.25) is 0 Å². The van der Waals surface area contributed by atoms with E-state index in [9.17, 15) is 19.8 Å². The lowest BCUT2D eigenvalue weighted by Crippen LogP contribution is -2.05. The van der Waals surface area contributed by atoms with E-state index in [1.165, 1.54) is 0 Å². The summed E-state index contributed by atoms with van der Waals surface area (Å²) < 4.78 is 22.5. The molecule has 4 rings (SSSR count). The molecular formula is C36H38O8. The number of rotatable bonds is 15. The number of carboxylic acids is 2. The van der Waals surface area contributed by atoms with Crippen LogP contribution in [0.4, 0.5) is 0 Å². The Morgan fingerprint density at radius 1 is 0.455 bits per heavy atom. The number of hydrogen-bond donors (Lipinski definition) is 2. The van der Waals surface area contributed by atoms with Crippen LogP contribution < -0.4 is 18.9 Å². The maximum absolute atomic E-state index is 11.2. The average molecular weight is 599 g/mol. The zero-order valence-electron chi connectivity index (χ0n) is 25.5. The van der Waals surface area contributed by atoms with Gasteiger partial charge in [-0.15, -0.1) is 0 Å². The van der Waals surface area contributed by atoms with Crippen molar-refractivity contribution in [3.8, 4) is 23.0 Å². The second kappa shape index (κ2) is 15.0. The largest absolute Gasteiger partial charge is 0.493 e. The van der Waals surface area contributed by atoms with Crippen LogP contribution in [-0.2, 0) is 38.5 Å². The Morgan fingerprint density at radius 2 is 0.705 bits per heavy atom. The number of carbonyl (C=O) groups is 2. The summed E-state index contributed by atoms with van der Waals surface area (Å²) in [5.41, 5.74) is 7.16. The monoisotopic (exact) mass is 598 g/mol. The van der Waals surface area contributed by atoms with Gasteiger partial charge in [0.25, 0.3) is 0 Å². The first-order valence-electron chi connectivity index (χ1n) is 14.4. The molecule has 0 heterocycles. The smallest absolute Gasteiger partial charge is 0.335 e. The van der Waals surface area contributed by atoms with Crippen molar-refractivity contribution in [2.24, 2.45) is 0 Å². The van der Waals surface area contributed by atoms with Crippen molar-refractivity contribution in [2.45, 2.75) is 38.5 Å². The van der Waals surface area contributed by atoms with Gasteiger partial charge in [-0.3, -0.25) is 0 Å². The van der Waals surface area contributed by atoms with Crippen LogP contribution in [0, 0.1) is 0 Å². The Labute approximate surface area is 257 Å². The van der Waals surface area contributed by atoms with Crippen LogP contribution in [0.1, 0.15) is 54.1 Å². The van der Waals surface area contributed by atoms with E-state index in [0.717, 1.165) is 71.9 Å². The molecule has 0 aromatic heterocycles. The Balaban J connectivity index is 1.59. The number of aromatic carboxylic acids is 2. The summed E-state index contributed by atoms with van der Waals surface area (Å²) in [6.07, 6.45) is 4.45. The van der Waals surface area contributed by atoms with Gasteiger partial charge in [0.15, 0.2) is 23.0 Å². The van der Waals surface area contributed by atoms with Gasteiger partial charge in [-0.2, -0.15) is 0 Å². The minimum absolute atomic E-state index is 0.267. The molecule has 0 bridgehead atoms. The fourth-order valence-corrected chi connectivity index (χ4v) is 5.31. The van der Waals surface area contributed by atoms with Crippen molar-refractivity contribution in [1.82, 2.24) is 0 Å². The molecule has 0 aliphatic heterocycles. The van der Waals surface area contributed by atoms with Gasteiger partial charge in [0, 0.05) is 0 Å². The van der Waals surface area contributed by atoms with Crippen LogP contribution in [0.5, 0.6) is 23.0 Å². The number of benzene rings is 4. The van der Waals surface area contributed by atoms with E-state index in [-0.39, 0.29) is 11.1 Å². The van der Waals surface area contributed by atoms with Crippen LogP contribution in [0.15, 0.2) is 72.8 Å². The molecule has 44 heavy (non-hydrogen) atoms. The molecule has 8 nitrogen and oxygen atoms in total. The molecule has 0 radical (unpaired) electrons. The van der Waals surface area contributed by atoms with Crippen molar-refractivity contribution >= 4 is 11.9 Å². The number of methoxy groups -OCH3 is 4. The number of ether oxygens (including phenoxy) is 4. The minimum Gasteiger partial charge on any atom is -0.493 e. The first-order chi connectivity index (χ1) is 21.3. The molecule has 0 saturated heterocycles. The molecular weight excluding hydrogens is 560 g/mol. The van der Waals surface area contributed by atoms with E-state index in [0.29, 0.717) is 23.0 Å². The highest BCUT2D eigenvalue weighted by atomic mass is 16.5. The van der Waals surface area contributed by atoms with E-state index in [1.54, 1.807) is 52.7 Å². The zero-order valence-corrected chi connectivity index (χ0v) is 25.5. The van der Waals surface area contributed by atoms with Crippen molar-refractivity contribution in [3.05, 3.63) is 117 Å². The molecule has 2 N–H and O–H groups in total. The highest BCUT2D eigenvalue weighted by Crippen LogP contribution is 2.35. The average Bonchev–Trinajstić information content (AvgIpc) is 3.05. The first-order valence-corrected chi connectivity index (χ1v) is 14.4. The molecule has 4 aromatic rings. The van der Waals surface area contributed by atoms with Crippen molar-refractivity contribution < 1.29 is 38.7 Å². The maximum Gasteiger partial charge on any atom is 0.335 e. The summed E-state index contributed by atoms with van der Waals surface area (Å²) in [6.45, 7) is 0. The molecule has 0 amide bonds. The molecule has 0 atom stereocenters. The Bertz CT molecular complexity index is 1470. The SMILES string of the molecule is COc1cc(CCc2ccc(C(=O)O)cc2)c(CCc2cc(OC)c(OC)cc2CCc2ccc(C(=O)O)cc2)cc1OC.